The fraction of sp³-hybridized carbons (Fsp3) is 0.447. The van der Waals surface area contributed by atoms with Crippen LogP contribution >= 0.6 is 0 Å². The average molecular weight is 1700 g/mol. The first-order valence-electron chi connectivity index (χ1n) is 38.2. The van der Waals surface area contributed by atoms with E-state index in [-0.39, 0.29) is 108 Å². The van der Waals surface area contributed by atoms with Crippen LogP contribution in [0.5, 0.6) is 17.6 Å². The summed E-state index contributed by atoms with van der Waals surface area (Å²) in [6, 6.07) is 11.0. The maximum Gasteiger partial charge on any atom is 0.256 e. The number of hydrogen-bond acceptors (Lipinski definition) is 34. The number of nitrogens with one attached hydrogen (secondary N) is 5. The Morgan fingerprint density at radius 3 is 1.07 bits per heavy atom. The number of pyridine rings is 4. The molecule has 15 N–H and O–H groups in total. The van der Waals surface area contributed by atoms with E-state index < -0.39 is 83.2 Å². The molecule has 0 bridgehead atoms. The number of tetrazole rings is 1. The number of rotatable bonds is 49. The van der Waals surface area contributed by atoms with Crippen LogP contribution in [-0.4, -0.2) is 225 Å². The number of halogens is 4. The van der Waals surface area contributed by atoms with Crippen LogP contribution in [0.4, 0.5) is 17.6 Å². The van der Waals surface area contributed by atoms with E-state index in [2.05, 4.69) is 101 Å². The minimum atomic E-state index is -1.01. The molecule has 9 aromatic heterocycles. The van der Waals surface area contributed by atoms with Crippen LogP contribution in [0.15, 0.2) is 143 Å². The highest BCUT2D eigenvalue weighted by Gasteiger charge is 2.32. The van der Waals surface area contributed by atoms with Crippen LogP contribution in [0.2, 0.25) is 0 Å². The third kappa shape index (κ3) is 37.7. The summed E-state index contributed by atoms with van der Waals surface area (Å²) >= 11 is 0. The number of methoxy groups -OCH3 is 1. The second-order valence-electron chi connectivity index (χ2n) is 26.4. The molecule has 0 aromatic carbocycles. The lowest BCUT2D eigenvalue weighted by Crippen LogP contribution is -2.51. The van der Waals surface area contributed by atoms with Crippen LogP contribution in [-0.2, 0) is 46.6 Å². The lowest BCUT2D eigenvalue weighted by Gasteiger charge is -2.25. The van der Waals surface area contributed by atoms with Gasteiger partial charge in [-0.25, -0.2) is 19.9 Å². The Balaban J connectivity index is 0.000000269. The standard InChI is InChI=1S/2C16H19FN4O4.C15H19FN6O2.C15H25N3O5.C14H18FN7O2/c17-15-11(4-3-8-19-15)16(23)20-12(5-1-2-7-18)13(22)10-24-14-6-9-25-21-14;17-14-5-4-11(9-19-14)16(23)20-12(3-1-2-7-18)13(22)10-24-15-6-8-25-21-15;16-14-5-4-11(9-18-14)15(24)21-12(3-1-2-6-17)13(23)10-22-19-7-8-20-22;1-15(2,21-3)14(20)17-11(6-4-5-8-16)12(19)10-22-13-7-9-23-18-13;15-13-10(4-3-7-17-13)14(24)20-11(5-1-2-6-16)12(23)8-22-19-9-18-21-22/h3-4,6,8-9,12H,1-2,5,7,10,18H2,(H,20,23);4-6,8-9,12H,1-3,7,10,18H2,(H,20,23);4-5,7-9,12H,1-3,6,10,17H2,(H,21,24);7,9,11H,4-6,8,10,16H2,1-3H3,(H,17,20);3-4,7,9,11H,1-2,5-6,8,16H2,(H,20,24). The van der Waals surface area contributed by atoms with Crippen LogP contribution in [0, 0.1) is 23.8 Å². The summed E-state index contributed by atoms with van der Waals surface area (Å²) in [7, 11) is 1.44. The van der Waals surface area contributed by atoms with Gasteiger partial charge in [-0.1, -0.05) is 0 Å². The quantitative estimate of drug-likeness (QED) is 0.0149. The number of carbonyl (C=O) groups is 10. The molecule has 41 nitrogen and oxygen atoms in total. The van der Waals surface area contributed by atoms with Gasteiger partial charge in [0.1, 0.15) is 37.5 Å². The van der Waals surface area contributed by atoms with Gasteiger partial charge in [0, 0.05) is 50.1 Å². The van der Waals surface area contributed by atoms with Crippen molar-refractivity contribution in [3.05, 3.63) is 175 Å². The molecule has 0 aliphatic heterocycles. The molecule has 0 fully saturated rings. The van der Waals surface area contributed by atoms with Gasteiger partial charge in [0.15, 0.2) is 55.1 Å². The molecule has 654 valence electrons. The predicted octanol–water partition coefficient (Wildman–Crippen LogP) is 2.84. The van der Waals surface area contributed by atoms with Gasteiger partial charge < -0.3 is 87.8 Å². The Bertz CT molecular complexity index is 4510. The van der Waals surface area contributed by atoms with Crippen LogP contribution in [0.25, 0.3) is 0 Å². The van der Waals surface area contributed by atoms with E-state index in [1.165, 1.54) is 116 Å². The second kappa shape index (κ2) is 55.7. The molecule has 9 rings (SSSR count). The zero-order valence-corrected chi connectivity index (χ0v) is 66.8. The second-order valence-corrected chi connectivity index (χ2v) is 26.4. The summed E-state index contributed by atoms with van der Waals surface area (Å²) in [6.45, 7) is 4.83. The van der Waals surface area contributed by atoms with Crippen LogP contribution in [0.1, 0.15) is 152 Å². The van der Waals surface area contributed by atoms with Crippen LogP contribution < -0.4 is 69.5 Å². The first kappa shape index (κ1) is 98.6. The molecular formula is C76H100F4N24O17. The van der Waals surface area contributed by atoms with Gasteiger partial charge >= 0.3 is 0 Å². The van der Waals surface area contributed by atoms with Gasteiger partial charge in [0.25, 0.3) is 47.2 Å². The zero-order valence-electron chi connectivity index (χ0n) is 66.8. The van der Waals surface area contributed by atoms with E-state index in [1.807, 2.05) is 0 Å². The third-order valence-corrected chi connectivity index (χ3v) is 17.0. The largest absolute Gasteiger partial charge is 0.467 e. The molecule has 0 spiro atoms. The molecular weight excluding hydrogens is 1600 g/mol. The van der Waals surface area contributed by atoms with Crippen molar-refractivity contribution in [3.8, 4) is 17.6 Å². The fourth-order valence-electron chi connectivity index (χ4n) is 10.2. The molecule has 5 atom stereocenters. The molecule has 5 amide bonds. The molecule has 5 unspecified atom stereocenters. The minimum Gasteiger partial charge on any atom is -0.467 e. The van der Waals surface area contributed by atoms with Gasteiger partial charge in [-0.3, -0.25) is 47.9 Å². The smallest absolute Gasteiger partial charge is 0.256 e. The maximum atomic E-state index is 13.6. The normalized spacial score (nSPS) is 12.0. The Hall–Kier alpha value is -13.0. The van der Waals surface area contributed by atoms with E-state index in [4.69, 9.17) is 47.6 Å². The number of hydrogen-bond donors (Lipinski definition) is 10. The van der Waals surface area contributed by atoms with Crippen molar-refractivity contribution in [1.82, 2.24) is 97.2 Å². The summed E-state index contributed by atoms with van der Waals surface area (Å²) in [5.41, 5.74) is 26.2. The van der Waals surface area contributed by atoms with E-state index in [0.29, 0.717) is 103 Å². The Labute approximate surface area is 691 Å². The number of unbranched alkanes of at least 4 members (excludes halogenated alkanes) is 5. The highest BCUT2D eigenvalue weighted by atomic mass is 19.1. The molecule has 45 heteroatoms. The van der Waals surface area contributed by atoms with Gasteiger partial charge in [0.2, 0.25) is 23.8 Å². The van der Waals surface area contributed by atoms with E-state index >= 15 is 0 Å². The Morgan fingerprint density at radius 1 is 0.421 bits per heavy atom. The molecule has 0 radical (unpaired) electrons. The van der Waals surface area contributed by atoms with Crippen LogP contribution in [0.3, 0.4) is 0 Å². The predicted molar refractivity (Wildman–Crippen MR) is 418 cm³/mol. The van der Waals surface area contributed by atoms with Gasteiger partial charge in [0.05, 0.1) is 64.9 Å². The lowest BCUT2D eigenvalue weighted by atomic mass is 10.0. The summed E-state index contributed by atoms with van der Waals surface area (Å²) in [6.07, 6.45) is 22.0. The Morgan fingerprint density at radius 2 is 0.769 bits per heavy atom. The fourth-order valence-corrected chi connectivity index (χ4v) is 10.2. The number of amides is 5. The zero-order chi connectivity index (χ0) is 88.2. The highest BCUT2D eigenvalue weighted by Crippen LogP contribution is 2.16. The number of nitrogens with two attached hydrogens (primary N) is 5. The average Bonchev–Trinajstić information content (AvgIpc) is 1.31. The van der Waals surface area contributed by atoms with Crippen molar-refractivity contribution in [1.29, 1.82) is 0 Å². The first-order valence-corrected chi connectivity index (χ1v) is 38.2. The molecule has 9 heterocycles. The van der Waals surface area contributed by atoms with Crippen molar-refractivity contribution in [2.75, 3.05) is 59.7 Å². The molecule has 121 heavy (non-hydrogen) atoms. The summed E-state index contributed by atoms with van der Waals surface area (Å²) in [4.78, 5) is 139. The van der Waals surface area contributed by atoms with E-state index in [9.17, 15) is 65.5 Å². The Kier molecular flexibility index (Phi) is 45.3. The van der Waals surface area contributed by atoms with Gasteiger partial charge in [-0.15, -0.1) is 10.2 Å². The van der Waals surface area contributed by atoms with Crippen molar-refractivity contribution in [2.24, 2.45) is 28.7 Å². The van der Waals surface area contributed by atoms with E-state index in [0.717, 1.165) is 55.0 Å². The minimum absolute atomic E-state index is 0.0394. The summed E-state index contributed by atoms with van der Waals surface area (Å²) in [5.74, 6) is -6.77. The summed E-state index contributed by atoms with van der Waals surface area (Å²) < 4.78 is 87.5. The molecule has 0 aliphatic rings. The number of nitrogens with zero attached hydrogens (tertiary/aromatic N) is 14. The maximum absolute atomic E-state index is 13.6. The van der Waals surface area contributed by atoms with E-state index in [1.54, 1.807) is 13.8 Å². The van der Waals surface area contributed by atoms with Crippen molar-refractivity contribution >= 4 is 58.5 Å². The topological polar surface area (TPSA) is 602 Å². The monoisotopic (exact) mass is 1700 g/mol. The van der Waals surface area contributed by atoms with Gasteiger partial charge in [-0.05, 0) is 212 Å². The number of carbonyl (C=O) groups excluding carboxylic acids is 10. The number of ketones is 5. The number of Topliss-reactive ketones (excluding diaryl/α,β-unsaturated/α-hetero) is 5. The summed E-state index contributed by atoms with van der Waals surface area (Å²) in [5, 5.41) is 42.4. The number of aromatic nitrogens is 14. The van der Waals surface area contributed by atoms with Crippen molar-refractivity contribution in [3.63, 3.8) is 0 Å². The molecule has 0 saturated heterocycles. The molecule has 0 saturated carbocycles. The highest BCUT2D eigenvalue weighted by molar-refractivity contribution is 6.00. The van der Waals surface area contributed by atoms with Crippen molar-refractivity contribution in [2.45, 2.75) is 159 Å². The SMILES string of the molecule is COC(C)(C)C(=O)NC(CCCCN)C(=O)COc1ccon1.NCCCCC(NC(=O)c1ccc(F)nc1)C(=O)COc1ccon1.NCCCCC(NC(=O)c1ccc(F)nc1)C(=O)Cn1nccn1.NCCCCC(NC(=O)c1cccnc1F)C(=O)COc1ccon1.NCCCCC(NC(=O)c1cccnc1F)C(=O)Cn1ncnn1. The molecule has 0 aliphatic carbocycles. The first-order chi connectivity index (χ1) is 58.3. The third-order valence-electron chi connectivity index (χ3n) is 17.0. The molecule has 9 aromatic rings. The van der Waals surface area contributed by atoms with Gasteiger partial charge in [-0.2, -0.15) is 37.4 Å². The number of ether oxygens (including phenoxy) is 4. The lowest BCUT2D eigenvalue weighted by molar-refractivity contribution is -0.142. The van der Waals surface area contributed by atoms with Crippen molar-refractivity contribution < 1.29 is 98.0 Å².